The van der Waals surface area contributed by atoms with Crippen molar-refractivity contribution in [3.8, 4) is 5.69 Å². The van der Waals surface area contributed by atoms with Crippen LogP contribution in [0.5, 0.6) is 0 Å². The monoisotopic (exact) mass is 374 g/mol. The standard InChI is InChI=1S/C23H26N4O/c1-16-13-14-19-9-7-8-12-21(19)26(16)15-22(28)24-23-17(2)25-27(18(23)3)20-10-5-4-6-11-20/h4-12,16H,13-15H2,1-3H3,(H,24,28)/t16-/m0/s1. The highest BCUT2D eigenvalue weighted by Gasteiger charge is 2.25. The lowest BCUT2D eigenvalue weighted by molar-refractivity contribution is -0.115. The predicted octanol–water partition coefficient (Wildman–Crippen LogP) is 4.27. The fourth-order valence-electron chi connectivity index (χ4n) is 3.98. The van der Waals surface area contributed by atoms with Gasteiger partial charge in [-0.3, -0.25) is 4.79 Å². The SMILES string of the molecule is Cc1nn(-c2ccccc2)c(C)c1NC(=O)CN1c2ccccc2CC[C@@H]1C. The summed E-state index contributed by atoms with van der Waals surface area (Å²) in [6, 6.07) is 18.7. The number of aryl methyl sites for hydroxylation is 2. The maximum absolute atomic E-state index is 12.9. The van der Waals surface area contributed by atoms with E-state index in [1.807, 2.05) is 54.9 Å². The molecule has 28 heavy (non-hydrogen) atoms. The molecule has 0 fully saturated rings. The van der Waals surface area contributed by atoms with Crippen LogP contribution in [0.2, 0.25) is 0 Å². The highest BCUT2D eigenvalue weighted by atomic mass is 16.2. The number of para-hydroxylation sites is 2. The lowest BCUT2D eigenvalue weighted by atomic mass is 9.96. The minimum absolute atomic E-state index is 0.0117. The second kappa shape index (κ2) is 7.50. The molecule has 144 valence electrons. The Hall–Kier alpha value is -3.08. The molecule has 1 aliphatic heterocycles. The second-order valence-corrected chi connectivity index (χ2v) is 7.49. The van der Waals surface area contributed by atoms with Gasteiger partial charge in [0.25, 0.3) is 0 Å². The number of anilines is 2. The van der Waals surface area contributed by atoms with E-state index in [4.69, 9.17) is 0 Å². The van der Waals surface area contributed by atoms with E-state index in [-0.39, 0.29) is 5.91 Å². The number of hydrogen-bond acceptors (Lipinski definition) is 3. The fraction of sp³-hybridized carbons (Fsp3) is 0.304. The molecule has 1 aromatic heterocycles. The van der Waals surface area contributed by atoms with E-state index in [2.05, 4.69) is 40.4 Å². The highest BCUT2D eigenvalue weighted by molar-refractivity contribution is 5.95. The van der Waals surface area contributed by atoms with Crippen LogP contribution in [0.1, 0.15) is 30.3 Å². The number of aromatic nitrogens is 2. The first-order chi connectivity index (χ1) is 13.5. The maximum Gasteiger partial charge on any atom is 0.244 e. The molecule has 5 heteroatoms. The van der Waals surface area contributed by atoms with Crippen LogP contribution < -0.4 is 10.2 Å². The molecule has 0 unspecified atom stereocenters. The number of nitrogens with zero attached hydrogens (tertiary/aromatic N) is 3. The number of fused-ring (bicyclic) bond motifs is 1. The highest BCUT2D eigenvalue weighted by Crippen LogP contribution is 2.30. The zero-order valence-electron chi connectivity index (χ0n) is 16.6. The van der Waals surface area contributed by atoms with Crippen LogP contribution in [-0.4, -0.2) is 28.3 Å². The Morgan fingerprint density at radius 2 is 1.82 bits per heavy atom. The van der Waals surface area contributed by atoms with Crippen LogP contribution in [0, 0.1) is 13.8 Å². The fourth-order valence-corrected chi connectivity index (χ4v) is 3.98. The van der Waals surface area contributed by atoms with E-state index in [0.29, 0.717) is 12.6 Å². The van der Waals surface area contributed by atoms with Gasteiger partial charge in [0.2, 0.25) is 5.91 Å². The topological polar surface area (TPSA) is 50.2 Å². The van der Waals surface area contributed by atoms with E-state index >= 15 is 0 Å². The third kappa shape index (κ3) is 3.40. The van der Waals surface area contributed by atoms with Gasteiger partial charge in [-0.25, -0.2) is 4.68 Å². The third-order valence-electron chi connectivity index (χ3n) is 5.54. The van der Waals surface area contributed by atoms with Gasteiger partial charge < -0.3 is 10.2 Å². The first kappa shape index (κ1) is 18.3. The molecule has 2 aromatic carbocycles. The zero-order chi connectivity index (χ0) is 19.7. The Kier molecular flexibility index (Phi) is 4.90. The van der Waals surface area contributed by atoms with Gasteiger partial charge >= 0.3 is 0 Å². The average molecular weight is 374 g/mol. The van der Waals surface area contributed by atoms with Crippen molar-refractivity contribution in [3.63, 3.8) is 0 Å². The molecule has 1 amide bonds. The number of hydrogen-bond donors (Lipinski definition) is 1. The molecular formula is C23H26N4O. The molecule has 1 aliphatic rings. The van der Waals surface area contributed by atoms with E-state index in [0.717, 1.165) is 35.6 Å². The lowest BCUT2D eigenvalue weighted by Gasteiger charge is -2.36. The molecule has 1 atom stereocenters. The number of benzene rings is 2. The van der Waals surface area contributed by atoms with E-state index in [9.17, 15) is 4.79 Å². The largest absolute Gasteiger partial charge is 0.359 e. The first-order valence-corrected chi connectivity index (χ1v) is 9.80. The molecule has 0 radical (unpaired) electrons. The molecule has 0 saturated heterocycles. The Labute approximate surface area is 166 Å². The number of rotatable bonds is 4. The van der Waals surface area contributed by atoms with Crippen molar-refractivity contribution in [2.45, 2.75) is 39.7 Å². The predicted molar refractivity (Wildman–Crippen MR) is 113 cm³/mol. The van der Waals surface area contributed by atoms with Crippen LogP contribution in [0.3, 0.4) is 0 Å². The minimum Gasteiger partial charge on any atom is -0.359 e. The summed E-state index contributed by atoms with van der Waals surface area (Å²) in [5.74, 6) is -0.0117. The van der Waals surface area contributed by atoms with Crippen molar-refractivity contribution in [1.82, 2.24) is 9.78 Å². The Morgan fingerprint density at radius 3 is 2.61 bits per heavy atom. The van der Waals surface area contributed by atoms with Crippen molar-refractivity contribution in [3.05, 3.63) is 71.5 Å². The molecule has 0 bridgehead atoms. The Morgan fingerprint density at radius 1 is 1.11 bits per heavy atom. The molecule has 0 saturated carbocycles. The van der Waals surface area contributed by atoms with Crippen LogP contribution in [-0.2, 0) is 11.2 Å². The summed E-state index contributed by atoms with van der Waals surface area (Å²) in [5.41, 5.74) is 6.03. The van der Waals surface area contributed by atoms with Gasteiger partial charge in [-0.1, -0.05) is 36.4 Å². The number of carbonyl (C=O) groups is 1. The summed E-state index contributed by atoms with van der Waals surface area (Å²) in [6.45, 7) is 6.45. The minimum atomic E-state index is -0.0117. The summed E-state index contributed by atoms with van der Waals surface area (Å²) >= 11 is 0. The number of amides is 1. The molecule has 3 aromatic rings. The van der Waals surface area contributed by atoms with Gasteiger partial charge in [0.05, 0.1) is 29.3 Å². The van der Waals surface area contributed by atoms with Crippen molar-refractivity contribution in [1.29, 1.82) is 0 Å². The summed E-state index contributed by atoms with van der Waals surface area (Å²) in [7, 11) is 0. The zero-order valence-corrected chi connectivity index (χ0v) is 16.6. The quantitative estimate of drug-likeness (QED) is 0.742. The molecule has 2 heterocycles. The molecule has 1 N–H and O–H groups in total. The van der Waals surface area contributed by atoms with Gasteiger partial charge in [-0.05, 0) is 57.4 Å². The van der Waals surface area contributed by atoms with Gasteiger partial charge in [-0.15, -0.1) is 0 Å². The van der Waals surface area contributed by atoms with E-state index in [1.165, 1.54) is 11.3 Å². The first-order valence-electron chi connectivity index (χ1n) is 9.80. The van der Waals surface area contributed by atoms with Crippen molar-refractivity contribution >= 4 is 17.3 Å². The van der Waals surface area contributed by atoms with Crippen LogP contribution >= 0.6 is 0 Å². The number of carbonyl (C=O) groups excluding carboxylic acids is 1. The van der Waals surface area contributed by atoms with E-state index in [1.54, 1.807) is 0 Å². The van der Waals surface area contributed by atoms with Crippen LogP contribution in [0.15, 0.2) is 54.6 Å². The smallest absolute Gasteiger partial charge is 0.244 e. The third-order valence-corrected chi connectivity index (χ3v) is 5.54. The molecule has 4 rings (SSSR count). The van der Waals surface area contributed by atoms with Gasteiger partial charge in [0, 0.05) is 11.7 Å². The molecular weight excluding hydrogens is 348 g/mol. The average Bonchev–Trinajstić information content (AvgIpc) is 2.99. The Bertz CT molecular complexity index is 993. The van der Waals surface area contributed by atoms with Crippen molar-refractivity contribution in [2.24, 2.45) is 0 Å². The Balaban J connectivity index is 1.54. The lowest BCUT2D eigenvalue weighted by Crippen LogP contribution is -2.42. The van der Waals surface area contributed by atoms with Gasteiger partial charge in [0.1, 0.15) is 0 Å². The summed E-state index contributed by atoms with van der Waals surface area (Å²) in [5, 5.41) is 7.72. The van der Waals surface area contributed by atoms with Crippen molar-refractivity contribution < 1.29 is 4.79 Å². The van der Waals surface area contributed by atoms with E-state index < -0.39 is 0 Å². The molecule has 0 aliphatic carbocycles. The summed E-state index contributed by atoms with van der Waals surface area (Å²) < 4.78 is 1.88. The van der Waals surface area contributed by atoms with Crippen LogP contribution in [0.25, 0.3) is 5.69 Å². The van der Waals surface area contributed by atoms with Gasteiger partial charge in [-0.2, -0.15) is 5.10 Å². The summed E-state index contributed by atoms with van der Waals surface area (Å²) in [4.78, 5) is 15.1. The normalized spacial score (nSPS) is 16.0. The number of nitrogens with one attached hydrogen (secondary N) is 1. The van der Waals surface area contributed by atoms with Gasteiger partial charge in [0.15, 0.2) is 0 Å². The maximum atomic E-state index is 12.9. The second-order valence-electron chi connectivity index (χ2n) is 7.49. The van der Waals surface area contributed by atoms with Crippen molar-refractivity contribution in [2.75, 3.05) is 16.8 Å². The van der Waals surface area contributed by atoms with Crippen LogP contribution in [0.4, 0.5) is 11.4 Å². The molecule has 0 spiro atoms. The summed E-state index contributed by atoms with van der Waals surface area (Å²) in [6.07, 6.45) is 2.13. The molecule has 5 nitrogen and oxygen atoms in total.